The van der Waals surface area contributed by atoms with Crippen LogP contribution in [-0.2, 0) is 15.5 Å². The second-order valence-electron chi connectivity index (χ2n) is 2.92. The molecule has 1 aromatic rings. The van der Waals surface area contributed by atoms with Gasteiger partial charge in [-0.05, 0) is 18.6 Å². The van der Waals surface area contributed by atoms with Gasteiger partial charge < -0.3 is 0 Å². The Kier molecular flexibility index (Phi) is 3.77. The molecule has 0 N–H and O–H groups in total. The first kappa shape index (κ1) is 13.2. The van der Waals surface area contributed by atoms with E-state index >= 15 is 0 Å². The fourth-order valence-corrected chi connectivity index (χ4v) is 2.80. The van der Waals surface area contributed by atoms with Crippen molar-refractivity contribution in [1.29, 1.82) is 0 Å². The van der Waals surface area contributed by atoms with Gasteiger partial charge in [-0.2, -0.15) is 0 Å². The normalized spacial score (nSPS) is 11.4. The standard InChI is InChI=1S/C8H7Cl2NO4S/c1-2-5-7(16(10,14)15)4-3-6(9)8(5)11(12)13/h3-4H,2H2,1H3. The summed E-state index contributed by atoms with van der Waals surface area (Å²) in [5.74, 6) is 0. The summed E-state index contributed by atoms with van der Waals surface area (Å²) < 4.78 is 22.4. The van der Waals surface area contributed by atoms with Crippen molar-refractivity contribution in [3.63, 3.8) is 0 Å². The molecule has 5 nitrogen and oxygen atoms in total. The van der Waals surface area contributed by atoms with Crippen LogP contribution < -0.4 is 0 Å². The van der Waals surface area contributed by atoms with Crippen LogP contribution in [0.4, 0.5) is 5.69 Å². The quantitative estimate of drug-likeness (QED) is 0.485. The van der Waals surface area contributed by atoms with Crippen molar-refractivity contribution in [2.45, 2.75) is 18.2 Å². The Bertz CT molecular complexity index is 541. The highest BCUT2D eigenvalue weighted by Gasteiger charge is 2.26. The Morgan fingerprint density at radius 2 is 2.00 bits per heavy atom. The highest BCUT2D eigenvalue weighted by atomic mass is 35.7. The zero-order valence-electron chi connectivity index (χ0n) is 8.11. The predicted molar refractivity (Wildman–Crippen MR) is 60.5 cm³/mol. The minimum Gasteiger partial charge on any atom is -0.258 e. The molecule has 0 radical (unpaired) electrons. The lowest BCUT2D eigenvalue weighted by Gasteiger charge is -2.06. The van der Waals surface area contributed by atoms with Crippen molar-refractivity contribution < 1.29 is 13.3 Å². The molecule has 0 atom stereocenters. The average Bonchev–Trinajstić information content (AvgIpc) is 2.14. The molecule has 0 amide bonds. The van der Waals surface area contributed by atoms with Crippen LogP contribution in [0.3, 0.4) is 0 Å². The molecule has 0 saturated heterocycles. The van der Waals surface area contributed by atoms with Gasteiger partial charge in [0, 0.05) is 10.7 Å². The SMILES string of the molecule is CCc1c(S(=O)(=O)Cl)ccc(Cl)c1[N+](=O)[O-]. The maximum atomic E-state index is 11.2. The van der Waals surface area contributed by atoms with Crippen molar-refractivity contribution in [2.24, 2.45) is 0 Å². The zero-order valence-corrected chi connectivity index (χ0v) is 10.4. The minimum atomic E-state index is -4.01. The van der Waals surface area contributed by atoms with Crippen LogP contribution in [0.5, 0.6) is 0 Å². The van der Waals surface area contributed by atoms with E-state index in [1.807, 2.05) is 0 Å². The maximum absolute atomic E-state index is 11.2. The number of nitrogens with zero attached hydrogens (tertiary/aromatic N) is 1. The lowest BCUT2D eigenvalue weighted by atomic mass is 10.1. The highest BCUT2D eigenvalue weighted by Crippen LogP contribution is 2.34. The van der Waals surface area contributed by atoms with E-state index in [-0.39, 0.29) is 21.9 Å². The van der Waals surface area contributed by atoms with Crippen molar-refractivity contribution in [1.82, 2.24) is 0 Å². The maximum Gasteiger partial charge on any atom is 0.292 e. The lowest BCUT2D eigenvalue weighted by molar-refractivity contribution is -0.385. The zero-order chi connectivity index (χ0) is 12.5. The highest BCUT2D eigenvalue weighted by molar-refractivity contribution is 8.13. The fraction of sp³-hybridized carbons (Fsp3) is 0.250. The topological polar surface area (TPSA) is 77.3 Å². The number of nitro benzene ring substituents is 1. The number of halogens is 2. The smallest absolute Gasteiger partial charge is 0.258 e. The van der Waals surface area contributed by atoms with E-state index in [0.29, 0.717) is 0 Å². The summed E-state index contributed by atoms with van der Waals surface area (Å²) in [5, 5.41) is 10.7. The largest absolute Gasteiger partial charge is 0.292 e. The Morgan fingerprint density at radius 3 is 2.38 bits per heavy atom. The van der Waals surface area contributed by atoms with Crippen LogP contribution in [0.2, 0.25) is 5.02 Å². The van der Waals surface area contributed by atoms with Gasteiger partial charge in [-0.15, -0.1) is 0 Å². The van der Waals surface area contributed by atoms with E-state index in [0.717, 1.165) is 12.1 Å². The molecular formula is C8H7Cl2NO4S. The minimum absolute atomic E-state index is 0.0208. The first-order valence-electron chi connectivity index (χ1n) is 4.19. The molecular weight excluding hydrogens is 277 g/mol. The van der Waals surface area contributed by atoms with E-state index in [9.17, 15) is 18.5 Å². The van der Waals surface area contributed by atoms with Gasteiger partial charge in [0.05, 0.1) is 15.4 Å². The number of nitro groups is 1. The third-order valence-corrected chi connectivity index (χ3v) is 3.70. The summed E-state index contributed by atoms with van der Waals surface area (Å²) >= 11 is 5.65. The molecule has 0 aromatic heterocycles. The van der Waals surface area contributed by atoms with Gasteiger partial charge in [-0.3, -0.25) is 10.1 Å². The summed E-state index contributed by atoms with van der Waals surface area (Å²) in [6.07, 6.45) is 0.151. The second-order valence-corrected chi connectivity index (χ2v) is 5.86. The van der Waals surface area contributed by atoms with Crippen LogP contribution >= 0.6 is 22.3 Å². The predicted octanol–water partition coefficient (Wildman–Crippen LogP) is 2.74. The van der Waals surface area contributed by atoms with E-state index in [1.54, 1.807) is 6.92 Å². The molecule has 0 spiro atoms. The molecule has 0 aliphatic rings. The number of hydrogen-bond acceptors (Lipinski definition) is 4. The van der Waals surface area contributed by atoms with Crippen LogP contribution in [-0.4, -0.2) is 13.3 Å². The molecule has 88 valence electrons. The van der Waals surface area contributed by atoms with Crippen molar-refractivity contribution >= 4 is 37.0 Å². The van der Waals surface area contributed by atoms with Crippen LogP contribution in [0.25, 0.3) is 0 Å². The molecule has 0 saturated carbocycles. The molecule has 0 heterocycles. The number of hydrogen-bond donors (Lipinski definition) is 0. The first-order chi connectivity index (χ1) is 7.29. The van der Waals surface area contributed by atoms with Crippen LogP contribution in [0, 0.1) is 10.1 Å². The Hall–Kier alpha value is -0.850. The van der Waals surface area contributed by atoms with Crippen molar-refractivity contribution in [3.8, 4) is 0 Å². The van der Waals surface area contributed by atoms with E-state index in [4.69, 9.17) is 22.3 Å². The molecule has 0 aliphatic carbocycles. The summed E-state index contributed by atoms with van der Waals surface area (Å²) in [6, 6.07) is 2.31. The monoisotopic (exact) mass is 283 g/mol. The summed E-state index contributed by atoms with van der Waals surface area (Å²) in [4.78, 5) is 9.78. The number of benzene rings is 1. The molecule has 0 unspecified atom stereocenters. The van der Waals surface area contributed by atoms with E-state index in [1.165, 1.54) is 0 Å². The third-order valence-electron chi connectivity index (χ3n) is 1.99. The molecule has 1 aromatic carbocycles. The van der Waals surface area contributed by atoms with Crippen molar-refractivity contribution in [2.75, 3.05) is 0 Å². The molecule has 16 heavy (non-hydrogen) atoms. The van der Waals surface area contributed by atoms with Gasteiger partial charge in [0.15, 0.2) is 0 Å². The van der Waals surface area contributed by atoms with Crippen LogP contribution in [0.15, 0.2) is 17.0 Å². The van der Waals surface area contributed by atoms with Gasteiger partial charge in [-0.1, -0.05) is 18.5 Å². The molecule has 1 rings (SSSR count). The lowest BCUT2D eigenvalue weighted by Crippen LogP contribution is -2.02. The van der Waals surface area contributed by atoms with E-state index < -0.39 is 19.7 Å². The molecule has 8 heteroatoms. The number of rotatable bonds is 3. The van der Waals surface area contributed by atoms with Crippen molar-refractivity contribution in [3.05, 3.63) is 32.8 Å². The summed E-state index contributed by atoms with van der Waals surface area (Å²) in [5.41, 5.74) is -0.390. The van der Waals surface area contributed by atoms with Gasteiger partial charge >= 0.3 is 0 Å². The Balaban J connectivity index is 3.69. The Labute approximate surface area is 102 Å². The second kappa shape index (κ2) is 4.57. The van der Waals surface area contributed by atoms with Gasteiger partial charge in [-0.25, -0.2) is 8.42 Å². The third kappa shape index (κ3) is 2.45. The van der Waals surface area contributed by atoms with Gasteiger partial charge in [0.2, 0.25) is 0 Å². The van der Waals surface area contributed by atoms with Gasteiger partial charge in [0.1, 0.15) is 5.02 Å². The summed E-state index contributed by atoms with van der Waals surface area (Å²) in [7, 11) is 1.17. The Morgan fingerprint density at radius 1 is 1.44 bits per heavy atom. The average molecular weight is 284 g/mol. The first-order valence-corrected chi connectivity index (χ1v) is 6.88. The molecule has 0 aliphatic heterocycles. The van der Waals surface area contributed by atoms with Gasteiger partial charge in [0.25, 0.3) is 14.7 Å². The summed E-state index contributed by atoms with van der Waals surface area (Å²) in [6.45, 7) is 1.59. The molecule has 0 fully saturated rings. The van der Waals surface area contributed by atoms with Crippen LogP contribution in [0.1, 0.15) is 12.5 Å². The molecule has 0 bridgehead atoms. The van der Waals surface area contributed by atoms with E-state index in [2.05, 4.69) is 0 Å². The fourth-order valence-electron chi connectivity index (χ4n) is 1.36.